The lowest BCUT2D eigenvalue weighted by Gasteiger charge is -2.12. The molecule has 3 rings (SSSR count). The normalized spacial score (nSPS) is 10.6. The molecular weight excluding hydrogens is 352 g/mol. The van der Waals surface area contributed by atoms with Gasteiger partial charge in [-0.3, -0.25) is 0 Å². The van der Waals surface area contributed by atoms with Crippen molar-refractivity contribution in [3.05, 3.63) is 115 Å². The highest BCUT2D eigenvalue weighted by Gasteiger charge is 2.07. The summed E-state index contributed by atoms with van der Waals surface area (Å²) in [7, 11) is 0. The van der Waals surface area contributed by atoms with Gasteiger partial charge >= 0.3 is 0 Å². The largest absolute Gasteiger partial charge is 0.457 e. The van der Waals surface area contributed by atoms with Crippen LogP contribution >= 0.6 is 0 Å². The van der Waals surface area contributed by atoms with E-state index < -0.39 is 0 Å². The van der Waals surface area contributed by atoms with E-state index in [2.05, 4.69) is 74.8 Å². The molecular formula is C28H28O. The van der Waals surface area contributed by atoms with Gasteiger partial charge in [0.15, 0.2) is 0 Å². The van der Waals surface area contributed by atoms with Gasteiger partial charge in [-0.25, -0.2) is 0 Å². The second-order valence-corrected chi connectivity index (χ2v) is 7.58. The molecule has 3 aromatic carbocycles. The first-order chi connectivity index (χ1) is 13.8. The van der Waals surface area contributed by atoms with Crippen LogP contribution in [0.15, 0.2) is 109 Å². The number of hydrogen-bond acceptors (Lipinski definition) is 1. The van der Waals surface area contributed by atoms with Crippen molar-refractivity contribution in [1.82, 2.24) is 0 Å². The highest BCUT2D eigenvalue weighted by Crippen LogP contribution is 2.31. The third-order valence-electron chi connectivity index (χ3n) is 5.16. The Kier molecular flexibility index (Phi) is 6.19. The van der Waals surface area contributed by atoms with Gasteiger partial charge in [0, 0.05) is 5.39 Å². The number of ether oxygens (including phenoxy) is 1. The van der Waals surface area contributed by atoms with Crippen LogP contribution in [0, 0.1) is 0 Å². The molecule has 0 N–H and O–H groups in total. The molecule has 0 aliphatic carbocycles. The molecule has 1 nitrogen and oxygen atoms in total. The molecule has 0 aliphatic heterocycles. The lowest BCUT2D eigenvalue weighted by Crippen LogP contribution is -1.95. The molecule has 146 valence electrons. The van der Waals surface area contributed by atoms with E-state index >= 15 is 0 Å². The van der Waals surface area contributed by atoms with E-state index in [4.69, 9.17) is 4.74 Å². The molecule has 3 aromatic rings. The molecule has 0 fully saturated rings. The average molecular weight is 381 g/mol. The Balaban J connectivity index is 1.81. The molecule has 0 saturated heterocycles. The van der Waals surface area contributed by atoms with Crippen LogP contribution in [0.2, 0.25) is 0 Å². The van der Waals surface area contributed by atoms with Crippen molar-refractivity contribution in [3.63, 3.8) is 0 Å². The molecule has 0 spiro atoms. The Labute approximate surface area is 174 Å². The number of rotatable bonds is 8. The van der Waals surface area contributed by atoms with E-state index in [0.29, 0.717) is 5.76 Å². The molecule has 0 heterocycles. The summed E-state index contributed by atoms with van der Waals surface area (Å²) in [6.07, 6.45) is 1.93. The molecule has 1 heteroatoms. The number of allylic oxidation sites excluding steroid dienone is 3. The van der Waals surface area contributed by atoms with Crippen LogP contribution in [0.3, 0.4) is 0 Å². The predicted octanol–water partition coefficient (Wildman–Crippen LogP) is 8.04. The van der Waals surface area contributed by atoms with E-state index in [1.54, 1.807) is 0 Å². The number of benzene rings is 3. The Bertz CT molecular complexity index is 1100. The predicted molar refractivity (Wildman–Crippen MR) is 126 cm³/mol. The van der Waals surface area contributed by atoms with Gasteiger partial charge in [0.2, 0.25) is 0 Å². The number of hydrogen-bond donors (Lipinski definition) is 0. The van der Waals surface area contributed by atoms with Crippen molar-refractivity contribution < 1.29 is 4.74 Å². The van der Waals surface area contributed by atoms with Crippen molar-refractivity contribution >= 4 is 10.8 Å². The topological polar surface area (TPSA) is 9.23 Å². The molecule has 0 bridgehead atoms. The highest BCUT2D eigenvalue weighted by molar-refractivity contribution is 5.92. The van der Waals surface area contributed by atoms with Gasteiger partial charge in [0.25, 0.3) is 0 Å². The standard InChI is InChI=1S/C28H28O/c1-19(2)21(5)10-11-23-12-14-24(15-13-23)25-16-17-27-26(18-25)8-7-9-28(27)29-22(6)20(3)4/h7-9,12-18H,1,3,5-6,10-11H2,2,4H3. The highest BCUT2D eigenvalue weighted by atomic mass is 16.5. The molecule has 0 unspecified atom stereocenters. The van der Waals surface area contributed by atoms with Crippen LogP contribution in [0.5, 0.6) is 5.75 Å². The third-order valence-corrected chi connectivity index (χ3v) is 5.16. The minimum Gasteiger partial charge on any atom is -0.457 e. The van der Waals surface area contributed by atoms with E-state index in [-0.39, 0.29) is 0 Å². The van der Waals surface area contributed by atoms with E-state index in [0.717, 1.165) is 46.1 Å². The summed E-state index contributed by atoms with van der Waals surface area (Å²) >= 11 is 0. The van der Waals surface area contributed by atoms with Gasteiger partial charge in [-0.1, -0.05) is 86.0 Å². The quantitative estimate of drug-likeness (QED) is 0.284. The molecule has 0 aromatic heterocycles. The van der Waals surface area contributed by atoms with Crippen LogP contribution in [0.1, 0.15) is 25.8 Å². The van der Waals surface area contributed by atoms with Gasteiger partial charge in [0.05, 0.1) is 0 Å². The molecule has 29 heavy (non-hydrogen) atoms. The first-order valence-electron chi connectivity index (χ1n) is 9.83. The second-order valence-electron chi connectivity index (χ2n) is 7.58. The molecule has 0 atom stereocenters. The molecule has 0 radical (unpaired) electrons. The number of aryl methyl sites for hydroxylation is 1. The van der Waals surface area contributed by atoms with E-state index in [1.165, 1.54) is 16.7 Å². The zero-order valence-electron chi connectivity index (χ0n) is 17.4. The number of fused-ring (bicyclic) bond motifs is 1. The fourth-order valence-corrected chi connectivity index (χ4v) is 3.11. The van der Waals surface area contributed by atoms with Crippen molar-refractivity contribution in [2.24, 2.45) is 0 Å². The van der Waals surface area contributed by atoms with Gasteiger partial charge in [-0.2, -0.15) is 0 Å². The van der Waals surface area contributed by atoms with Crippen LogP contribution in [0.4, 0.5) is 0 Å². The summed E-state index contributed by atoms with van der Waals surface area (Å²) in [5, 5.41) is 2.20. The first kappa shape index (κ1) is 20.4. The maximum atomic E-state index is 5.91. The minimum atomic E-state index is 0.589. The van der Waals surface area contributed by atoms with Gasteiger partial charge in [-0.15, -0.1) is 0 Å². The van der Waals surface area contributed by atoms with Crippen molar-refractivity contribution in [2.45, 2.75) is 26.7 Å². The first-order valence-corrected chi connectivity index (χ1v) is 9.83. The van der Waals surface area contributed by atoms with E-state index in [1.807, 2.05) is 26.0 Å². The minimum absolute atomic E-state index is 0.589. The lowest BCUT2D eigenvalue weighted by atomic mass is 9.97. The van der Waals surface area contributed by atoms with Crippen LogP contribution in [0.25, 0.3) is 21.9 Å². The molecule has 0 aliphatic rings. The summed E-state index contributed by atoms with van der Waals surface area (Å²) < 4.78 is 5.91. The summed E-state index contributed by atoms with van der Waals surface area (Å²) in [5.74, 6) is 1.39. The SMILES string of the molecule is C=C(C)C(=C)CCc1ccc(-c2ccc3c(OC(=C)C(=C)C)cccc3c2)cc1. The van der Waals surface area contributed by atoms with Gasteiger partial charge in [0.1, 0.15) is 11.5 Å². The molecule has 0 amide bonds. The third kappa shape index (κ3) is 4.94. The van der Waals surface area contributed by atoms with Crippen LogP contribution in [-0.4, -0.2) is 0 Å². The fourth-order valence-electron chi connectivity index (χ4n) is 3.11. The fraction of sp³-hybridized carbons (Fsp3) is 0.143. The van der Waals surface area contributed by atoms with Crippen molar-refractivity contribution in [2.75, 3.05) is 0 Å². The monoisotopic (exact) mass is 380 g/mol. The second kappa shape index (κ2) is 8.79. The zero-order chi connectivity index (χ0) is 21.0. The maximum absolute atomic E-state index is 5.91. The zero-order valence-corrected chi connectivity index (χ0v) is 17.4. The van der Waals surface area contributed by atoms with Crippen LogP contribution in [-0.2, 0) is 6.42 Å². The van der Waals surface area contributed by atoms with Crippen molar-refractivity contribution in [1.29, 1.82) is 0 Å². The van der Waals surface area contributed by atoms with Crippen molar-refractivity contribution in [3.8, 4) is 16.9 Å². The van der Waals surface area contributed by atoms with E-state index in [9.17, 15) is 0 Å². The van der Waals surface area contributed by atoms with Gasteiger partial charge in [-0.05, 0) is 66.5 Å². The summed E-state index contributed by atoms with van der Waals surface area (Å²) in [5.41, 5.74) is 6.71. The Hall–Kier alpha value is -3.32. The maximum Gasteiger partial charge on any atom is 0.135 e. The Morgan fingerprint density at radius 1 is 0.793 bits per heavy atom. The van der Waals surface area contributed by atoms with Crippen LogP contribution < -0.4 is 4.74 Å². The molecule has 0 saturated carbocycles. The summed E-state index contributed by atoms with van der Waals surface area (Å²) in [6, 6.07) is 21.3. The Morgan fingerprint density at radius 2 is 1.48 bits per heavy atom. The summed E-state index contributed by atoms with van der Waals surface area (Å²) in [6.45, 7) is 19.8. The summed E-state index contributed by atoms with van der Waals surface area (Å²) in [4.78, 5) is 0. The lowest BCUT2D eigenvalue weighted by molar-refractivity contribution is 0.444. The Morgan fingerprint density at radius 3 is 2.14 bits per heavy atom. The van der Waals surface area contributed by atoms with Gasteiger partial charge < -0.3 is 4.74 Å². The average Bonchev–Trinajstić information content (AvgIpc) is 2.72. The smallest absolute Gasteiger partial charge is 0.135 e.